The van der Waals surface area contributed by atoms with Crippen molar-refractivity contribution in [2.75, 3.05) is 6.54 Å². The van der Waals surface area contributed by atoms with Gasteiger partial charge in [0.15, 0.2) is 0 Å². The van der Waals surface area contributed by atoms with E-state index in [0.717, 1.165) is 30.0 Å². The average molecular weight is 435 g/mol. The summed E-state index contributed by atoms with van der Waals surface area (Å²) in [7, 11) is 0. The Bertz CT molecular complexity index is 1200. The van der Waals surface area contributed by atoms with Gasteiger partial charge < -0.3 is 10.3 Å². The molecule has 0 aliphatic carbocycles. The van der Waals surface area contributed by atoms with Gasteiger partial charge in [0.1, 0.15) is 0 Å². The molecule has 0 spiro atoms. The first kappa shape index (κ1) is 19.7. The standard InChI is InChI=1S/C26H24Cl2N2/c1-26(14-13-17-7-3-2-4-8-17)25-24(20-9-5-6-10-23(20)30-25)21(16-29-26)19-12-11-18(27)15-22(19)28/h2-12,15,21,29-30H,13-14,16H2,1H3/t21-,26-/m0/s1. The summed E-state index contributed by atoms with van der Waals surface area (Å²) in [6.45, 7) is 3.14. The number of nitrogens with one attached hydrogen (secondary N) is 2. The Morgan fingerprint density at radius 1 is 0.967 bits per heavy atom. The minimum atomic E-state index is -0.139. The highest BCUT2D eigenvalue weighted by molar-refractivity contribution is 6.35. The summed E-state index contributed by atoms with van der Waals surface area (Å²) < 4.78 is 0. The third-order valence-corrected chi connectivity index (χ3v) is 7.00. The van der Waals surface area contributed by atoms with Crippen molar-refractivity contribution in [1.82, 2.24) is 10.3 Å². The Morgan fingerprint density at radius 2 is 1.73 bits per heavy atom. The second-order valence-electron chi connectivity index (χ2n) is 8.38. The SMILES string of the molecule is C[C@@]1(CCc2ccccc2)NC[C@@H](c2ccc(Cl)cc2Cl)c2c1[nH]c1ccccc21. The monoisotopic (exact) mass is 434 g/mol. The first-order chi connectivity index (χ1) is 14.5. The zero-order chi connectivity index (χ0) is 20.7. The van der Waals surface area contributed by atoms with E-state index >= 15 is 0 Å². The lowest BCUT2D eigenvalue weighted by Gasteiger charge is -2.39. The van der Waals surface area contributed by atoms with Gasteiger partial charge >= 0.3 is 0 Å². The Morgan fingerprint density at radius 3 is 2.53 bits per heavy atom. The summed E-state index contributed by atoms with van der Waals surface area (Å²) in [6.07, 6.45) is 2.03. The average Bonchev–Trinajstić information content (AvgIpc) is 3.15. The molecule has 0 fully saturated rings. The fraction of sp³-hybridized carbons (Fsp3) is 0.231. The molecule has 0 saturated heterocycles. The van der Waals surface area contributed by atoms with Crippen molar-refractivity contribution in [3.8, 4) is 0 Å². The van der Waals surface area contributed by atoms with Crippen LogP contribution in [0, 0.1) is 0 Å². The first-order valence-electron chi connectivity index (χ1n) is 10.4. The van der Waals surface area contributed by atoms with Crippen molar-refractivity contribution in [3.63, 3.8) is 0 Å². The van der Waals surface area contributed by atoms with Crippen LogP contribution in [0.3, 0.4) is 0 Å². The third-order valence-electron chi connectivity index (χ3n) is 6.44. The van der Waals surface area contributed by atoms with E-state index in [1.165, 1.54) is 27.7 Å². The van der Waals surface area contributed by atoms with Crippen molar-refractivity contribution >= 4 is 34.1 Å². The predicted molar refractivity (Wildman–Crippen MR) is 127 cm³/mol. The molecule has 2 atom stereocenters. The Hall–Kier alpha value is -2.26. The molecule has 3 aromatic carbocycles. The number of hydrogen-bond donors (Lipinski definition) is 2. The third kappa shape index (κ3) is 3.43. The summed E-state index contributed by atoms with van der Waals surface area (Å²) >= 11 is 12.8. The summed E-state index contributed by atoms with van der Waals surface area (Å²) in [5, 5.41) is 6.51. The molecule has 0 bridgehead atoms. The maximum Gasteiger partial charge on any atom is 0.0564 e. The van der Waals surface area contributed by atoms with E-state index in [1.807, 2.05) is 12.1 Å². The van der Waals surface area contributed by atoms with Gasteiger partial charge in [0.2, 0.25) is 0 Å². The van der Waals surface area contributed by atoms with Crippen molar-refractivity contribution in [3.05, 3.63) is 105 Å². The van der Waals surface area contributed by atoms with Crippen LogP contribution in [0.25, 0.3) is 10.9 Å². The van der Waals surface area contributed by atoms with E-state index in [0.29, 0.717) is 5.02 Å². The number of fused-ring (bicyclic) bond motifs is 3. The molecule has 2 heterocycles. The number of halogens is 2. The van der Waals surface area contributed by atoms with Crippen molar-refractivity contribution in [2.45, 2.75) is 31.2 Å². The predicted octanol–water partition coefficient (Wildman–Crippen LogP) is 7.06. The number of H-pyrrole nitrogens is 1. The van der Waals surface area contributed by atoms with Gasteiger partial charge in [-0.05, 0) is 54.7 Å². The van der Waals surface area contributed by atoms with E-state index in [-0.39, 0.29) is 11.5 Å². The molecule has 2 N–H and O–H groups in total. The zero-order valence-corrected chi connectivity index (χ0v) is 18.4. The van der Waals surface area contributed by atoms with Gasteiger partial charge in [0.05, 0.1) is 5.54 Å². The molecule has 1 aliphatic rings. The molecular formula is C26H24Cl2N2. The molecule has 4 aromatic rings. The van der Waals surface area contributed by atoms with Crippen LogP contribution in [-0.2, 0) is 12.0 Å². The number of aromatic amines is 1. The van der Waals surface area contributed by atoms with Gasteiger partial charge in [-0.2, -0.15) is 0 Å². The fourth-order valence-electron chi connectivity index (χ4n) is 4.78. The van der Waals surface area contributed by atoms with Gasteiger partial charge in [-0.25, -0.2) is 0 Å². The Labute approximate surface area is 187 Å². The van der Waals surface area contributed by atoms with Gasteiger partial charge in [-0.15, -0.1) is 0 Å². The smallest absolute Gasteiger partial charge is 0.0564 e. The van der Waals surface area contributed by atoms with Crippen molar-refractivity contribution in [1.29, 1.82) is 0 Å². The van der Waals surface area contributed by atoms with E-state index < -0.39 is 0 Å². The maximum absolute atomic E-state index is 6.64. The van der Waals surface area contributed by atoms with Crippen LogP contribution in [-0.4, -0.2) is 11.5 Å². The molecule has 0 saturated carbocycles. The fourth-order valence-corrected chi connectivity index (χ4v) is 5.32. The molecule has 0 radical (unpaired) electrons. The number of rotatable bonds is 4. The summed E-state index contributed by atoms with van der Waals surface area (Å²) in [6, 6.07) is 25.1. The van der Waals surface area contributed by atoms with Gasteiger partial charge in [0, 0.05) is 39.1 Å². The molecule has 152 valence electrons. The van der Waals surface area contributed by atoms with E-state index in [9.17, 15) is 0 Å². The number of para-hydroxylation sites is 1. The van der Waals surface area contributed by atoms with Gasteiger partial charge in [-0.1, -0.05) is 77.8 Å². The van der Waals surface area contributed by atoms with E-state index in [4.69, 9.17) is 23.2 Å². The second kappa shape index (κ2) is 7.77. The van der Waals surface area contributed by atoms with E-state index in [1.54, 1.807) is 0 Å². The maximum atomic E-state index is 6.64. The van der Waals surface area contributed by atoms with E-state index in [2.05, 4.69) is 77.9 Å². The molecule has 0 unspecified atom stereocenters. The molecule has 5 rings (SSSR count). The lowest BCUT2D eigenvalue weighted by molar-refractivity contribution is 0.306. The molecule has 4 heteroatoms. The van der Waals surface area contributed by atoms with Crippen LogP contribution in [0.5, 0.6) is 0 Å². The first-order valence-corrected chi connectivity index (χ1v) is 11.2. The quantitative estimate of drug-likeness (QED) is 0.353. The largest absolute Gasteiger partial charge is 0.357 e. The van der Waals surface area contributed by atoms with Gasteiger partial charge in [0.25, 0.3) is 0 Å². The summed E-state index contributed by atoms with van der Waals surface area (Å²) in [4.78, 5) is 3.74. The number of aryl methyl sites for hydroxylation is 1. The highest BCUT2D eigenvalue weighted by Crippen LogP contribution is 2.45. The Balaban J connectivity index is 1.60. The molecule has 2 nitrogen and oxygen atoms in total. The Kier molecular flexibility index (Phi) is 5.10. The molecular weight excluding hydrogens is 411 g/mol. The van der Waals surface area contributed by atoms with Crippen LogP contribution in [0.4, 0.5) is 0 Å². The molecule has 0 amide bonds. The lowest BCUT2D eigenvalue weighted by Crippen LogP contribution is -2.47. The number of aromatic nitrogens is 1. The molecule has 1 aromatic heterocycles. The van der Waals surface area contributed by atoms with Crippen LogP contribution < -0.4 is 5.32 Å². The summed E-state index contributed by atoms with van der Waals surface area (Å²) in [5.74, 6) is 0.172. The summed E-state index contributed by atoms with van der Waals surface area (Å²) in [5.41, 5.74) is 6.13. The van der Waals surface area contributed by atoms with Crippen molar-refractivity contribution in [2.24, 2.45) is 0 Å². The second-order valence-corrected chi connectivity index (χ2v) is 9.22. The number of benzene rings is 3. The molecule has 1 aliphatic heterocycles. The lowest BCUT2D eigenvalue weighted by atomic mass is 9.77. The normalized spacial score (nSPS) is 21.0. The highest BCUT2D eigenvalue weighted by Gasteiger charge is 2.39. The van der Waals surface area contributed by atoms with Gasteiger partial charge in [-0.3, -0.25) is 0 Å². The minimum absolute atomic E-state index is 0.139. The van der Waals surface area contributed by atoms with Crippen molar-refractivity contribution < 1.29 is 0 Å². The topological polar surface area (TPSA) is 27.8 Å². The van der Waals surface area contributed by atoms with Crippen LogP contribution >= 0.6 is 23.2 Å². The van der Waals surface area contributed by atoms with Crippen LogP contribution in [0.1, 0.15) is 41.6 Å². The highest BCUT2D eigenvalue weighted by atomic mass is 35.5. The van der Waals surface area contributed by atoms with Crippen LogP contribution in [0.15, 0.2) is 72.8 Å². The van der Waals surface area contributed by atoms with Crippen LogP contribution in [0.2, 0.25) is 10.0 Å². The number of hydrogen-bond acceptors (Lipinski definition) is 1. The minimum Gasteiger partial charge on any atom is -0.357 e. The zero-order valence-electron chi connectivity index (χ0n) is 16.9. The molecule has 30 heavy (non-hydrogen) atoms.